The number of aliphatic imine (C=N–C) groups is 1. The maximum Gasteiger partial charge on any atom is 0.257 e. The van der Waals surface area contributed by atoms with Crippen molar-refractivity contribution < 1.29 is 9.18 Å². The van der Waals surface area contributed by atoms with Crippen molar-refractivity contribution in [3.63, 3.8) is 0 Å². The molecule has 148 valence electrons. The first kappa shape index (κ1) is 19.2. The Balaban J connectivity index is 1.60. The van der Waals surface area contributed by atoms with Crippen molar-refractivity contribution in [1.29, 1.82) is 0 Å². The van der Waals surface area contributed by atoms with Gasteiger partial charge in [0.25, 0.3) is 5.91 Å². The normalized spacial score (nSPS) is 18.9. The van der Waals surface area contributed by atoms with E-state index in [-0.39, 0.29) is 11.7 Å². The van der Waals surface area contributed by atoms with E-state index in [0.29, 0.717) is 28.4 Å². The molecule has 2 aromatic heterocycles. The summed E-state index contributed by atoms with van der Waals surface area (Å²) in [5, 5.41) is 3.27. The lowest BCUT2D eigenvalue weighted by atomic mass is 9.89. The number of carbonyl (C=O) groups is 1. The molecule has 0 spiro atoms. The summed E-state index contributed by atoms with van der Waals surface area (Å²) in [5.74, 6) is 0.0707. The highest BCUT2D eigenvalue weighted by Crippen LogP contribution is 2.37. The minimum absolute atomic E-state index is 0.323. The highest BCUT2D eigenvalue weighted by molar-refractivity contribution is 8.13. The van der Waals surface area contributed by atoms with E-state index in [2.05, 4.69) is 15.3 Å². The lowest BCUT2D eigenvalue weighted by molar-refractivity contribution is 0.102. The minimum Gasteiger partial charge on any atom is -0.379 e. The smallest absolute Gasteiger partial charge is 0.257 e. The topological polar surface area (TPSA) is 85.3 Å². The Hall–Kier alpha value is -3.13. The van der Waals surface area contributed by atoms with E-state index in [4.69, 9.17) is 5.73 Å². The van der Waals surface area contributed by atoms with E-state index in [1.54, 1.807) is 18.3 Å². The lowest BCUT2D eigenvalue weighted by Crippen LogP contribution is -2.29. The number of anilines is 1. The summed E-state index contributed by atoms with van der Waals surface area (Å²) < 4.78 is 16.4. The van der Waals surface area contributed by atoms with Crippen LogP contribution in [0.5, 0.6) is 0 Å². The third-order valence-corrected chi connectivity index (χ3v) is 5.68. The van der Waals surface area contributed by atoms with Gasteiger partial charge in [-0.15, -0.1) is 0 Å². The second-order valence-electron chi connectivity index (χ2n) is 6.99. The molecule has 3 N–H and O–H groups in total. The van der Waals surface area contributed by atoms with Crippen molar-refractivity contribution in [2.24, 2.45) is 10.7 Å². The van der Waals surface area contributed by atoms with Crippen molar-refractivity contribution in [3.8, 4) is 5.69 Å². The SMILES string of the molecule is CC1(c2cc(NC(=O)c3cncc(-n4cccc4)c3)ccc2F)CCSC(N)=N1. The molecule has 8 heteroatoms. The Bertz CT molecular complexity index is 1080. The number of nitrogens with two attached hydrogens (primary N) is 1. The van der Waals surface area contributed by atoms with Gasteiger partial charge in [-0.2, -0.15) is 0 Å². The number of nitrogens with zero attached hydrogens (tertiary/aromatic N) is 3. The molecule has 4 rings (SSSR count). The predicted molar refractivity (Wildman–Crippen MR) is 114 cm³/mol. The Morgan fingerprint density at radius 2 is 2.07 bits per heavy atom. The highest BCUT2D eigenvalue weighted by atomic mass is 32.2. The number of aromatic nitrogens is 2. The maximum atomic E-state index is 14.6. The van der Waals surface area contributed by atoms with E-state index in [1.165, 1.54) is 30.1 Å². The van der Waals surface area contributed by atoms with Crippen LogP contribution in [0.3, 0.4) is 0 Å². The highest BCUT2D eigenvalue weighted by Gasteiger charge is 2.32. The fraction of sp³-hybridized carbons (Fsp3) is 0.190. The number of amidine groups is 1. The van der Waals surface area contributed by atoms with Gasteiger partial charge >= 0.3 is 0 Å². The molecule has 6 nitrogen and oxygen atoms in total. The van der Waals surface area contributed by atoms with Crippen LogP contribution in [0.1, 0.15) is 29.3 Å². The number of amides is 1. The average Bonchev–Trinajstić information content (AvgIpc) is 3.24. The summed E-state index contributed by atoms with van der Waals surface area (Å²) in [6.07, 6.45) is 7.59. The third kappa shape index (κ3) is 4.02. The van der Waals surface area contributed by atoms with Crippen molar-refractivity contribution in [3.05, 3.63) is 78.1 Å². The number of pyridine rings is 1. The van der Waals surface area contributed by atoms with Crippen LogP contribution in [0.4, 0.5) is 10.1 Å². The van der Waals surface area contributed by atoms with E-state index in [9.17, 15) is 9.18 Å². The van der Waals surface area contributed by atoms with Crippen LogP contribution in [0.15, 0.2) is 66.2 Å². The maximum absolute atomic E-state index is 14.6. The molecule has 1 amide bonds. The van der Waals surface area contributed by atoms with Crippen LogP contribution in [0, 0.1) is 5.82 Å². The molecule has 0 aliphatic carbocycles. The summed E-state index contributed by atoms with van der Waals surface area (Å²) >= 11 is 1.46. The molecule has 1 unspecified atom stereocenters. The van der Waals surface area contributed by atoms with E-state index < -0.39 is 5.54 Å². The lowest BCUT2D eigenvalue weighted by Gasteiger charge is -2.30. The monoisotopic (exact) mass is 409 g/mol. The molecular weight excluding hydrogens is 389 g/mol. The molecule has 3 aromatic rings. The predicted octanol–water partition coefficient (Wildman–Crippen LogP) is 3.93. The zero-order valence-corrected chi connectivity index (χ0v) is 16.6. The molecule has 0 saturated heterocycles. The van der Waals surface area contributed by atoms with Crippen molar-refractivity contribution >= 4 is 28.5 Å². The molecule has 1 aliphatic rings. The Kier molecular flexibility index (Phi) is 5.10. The first-order chi connectivity index (χ1) is 13.9. The summed E-state index contributed by atoms with van der Waals surface area (Å²) in [6.45, 7) is 1.86. The van der Waals surface area contributed by atoms with Crippen LogP contribution in [0.25, 0.3) is 5.69 Å². The molecule has 1 aliphatic heterocycles. The molecular formula is C21H20FN5OS. The Morgan fingerprint density at radius 1 is 1.28 bits per heavy atom. The number of thioether (sulfide) groups is 1. The number of halogens is 1. The fourth-order valence-electron chi connectivity index (χ4n) is 3.30. The van der Waals surface area contributed by atoms with Crippen molar-refractivity contribution in [1.82, 2.24) is 9.55 Å². The molecule has 0 saturated carbocycles. The van der Waals surface area contributed by atoms with Gasteiger partial charge < -0.3 is 15.6 Å². The van der Waals surface area contributed by atoms with Gasteiger partial charge in [0, 0.05) is 35.6 Å². The molecule has 1 aromatic carbocycles. The van der Waals surface area contributed by atoms with Gasteiger partial charge in [0.1, 0.15) is 5.82 Å². The zero-order valence-electron chi connectivity index (χ0n) is 15.8. The average molecular weight is 409 g/mol. The van der Waals surface area contributed by atoms with Gasteiger partial charge in [-0.1, -0.05) is 11.8 Å². The first-order valence-corrected chi connectivity index (χ1v) is 10.1. The zero-order chi connectivity index (χ0) is 20.4. The van der Waals surface area contributed by atoms with Crippen LogP contribution in [0.2, 0.25) is 0 Å². The number of nitrogens with one attached hydrogen (secondary N) is 1. The van der Waals surface area contributed by atoms with Crippen LogP contribution in [-0.2, 0) is 5.54 Å². The molecule has 3 heterocycles. The van der Waals surface area contributed by atoms with Gasteiger partial charge in [0.15, 0.2) is 5.17 Å². The summed E-state index contributed by atoms with van der Waals surface area (Å²) in [5.41, 5.74) is 7.20. The van der Waals surface area contributed by atoms with Crippen LogP contribution < -0.4 is 11.1 Å². The van der Waals surface area contributed by atoms with Gasteiger partial charge in [0.2, 0.25) is 0 Å². The van der Waals surface area contributed by atoms with Gasteiger partial charge in [-0.3, -0.25) is 14.8 Å². The minimum atomic E-state index is -0.754. The third-order valence-electron chi connectivity index (χ3n) is 4.89. The van der Waals surface area contributed by atoms with E-state index >= 15 is 0 Å². The molecule has 0 fully saturated rings. The number of hydrogen-bond donors (Lipinski definition) is 2. The number of hydrogen-bond acceptors (Lipinski definition) is 5. The van der Waals surface area contributed by atoms with Crippen molar-refractivity contribution in [2.45, 2.75) is 18.9 Å². The molecule has 1 atom stereocenters. The second kappa shape index (κ2) is 7.71. The van der Waals surface area contributed by atoms with Gasteiger partial charge in [-0.05, 0) is 49.7 Å². The summed E-state index contributed by atoms with van der Waals surface area (Å²) in [4.78, 5) is 21.3. The first-order valence-electron chi connectivity index (χ1n) is 9.12. The van der Waals surface area contributed by atoms with Crippen molar-refractivity contribution in [2.75, 3.05) is 11.1 Å². The van der Waals surface area contributed by atoms with E-state index in [1.807, 2.05) is 36.0 Å². The summed E-state index contributed by atoms with van der Waals surface area (Å²) in [6, 6.07) is 10.0. The van der Waals surface area contributed by atoms with Crippen LogP contribution in [-0.4, -0.2) is 26.4 Å². The van der Waals surface area contributed by atoms with E-state index in [0.717, 1.165) is 11.4 Å². The second-order valence-corrected chi connectivity index (χ2v) is 8.11. The summed E-state index contributed by atoms with van der Waals surface area (Å²) in [7, 11) is 0. The Morgan fingerprint density at radius 3 is 2.83 bits per heavy atom. The molecule has 29 heavy (non-hydrogen) atoms. The fourth-order valence-corrected chi connectivity index (χ4v) is 4.27. The number of benzene rings is 1. The largest absolute Gasteiger partial charge is 0.379 e. The quantitative estimate of drug-likeness (QED) is 0.684. The molecule has 0 bridgehead atoms. The Labute approximate surface area is 172 Å². The van der Waals surface area contributed by atoms with Gasteiger partial charge in [-0.25, -0.2) is 4.39 Å². The standard InChI is InChI=1S/C21H20FN5OS/c1-21(6-9-29-20(23)26-21)17-11-15(4-5-18(17)22)25-19(28)14-10-16(13-24-12-14)27-7-2-3-8-27/h2-5,7-8,10-13H,6,9H2,1H3,(H2,23,26)(H,25,28). The number of rotatable bonds is 4. The van der Waals surface area contributed by atoms with Crippen LogP contribution >= 0.6 is 11.8 Å². The molecule has 0 radical (unpaired) electrons. The number of carbonyl (C=O) groups excluding carboxylic acids is 1. The van der Waals surface area contributed by atoms with Gasteiger partial charge in [0.05, 0.1) is 23.0 Å².